The van der Waals surface area contributed by atoms with Crippen molar-refractivity contribution in [3.05, 3.63) is 0 Å². The molecule has 17 heavy (non-hydrogen) atoms. The largest absolute Gasteiger partial charge is 0.381 e. The fraction of sp³-hybridized carbons (Fsp3) is 1.00. The Bertz CT molecular complexity index is 205. The van der Waals surface area contributed by atoms with E-state index in [1.165, 1.54) is 32.4 Å². The second-order valence-corrected chi connectivity index (χ2v) is 6.29. The molecule has 0 aromatic rings. The van der Waals surface area contributed by atoms with Crippen LogP contribution in [0.25, 0.3) is 0 Å². The number of rotatable bonds is 5. The minimum Gasteiger partial charge on any atom is -0.381 e. The molecule has 1 fully saturated rings. The zero-order valence-corrected chi connectivity index (χ0v) is 12.3. The average Bonchev–Trinajstić information content (AvgIpc) is 2.27. The van der Waals surface area contributed by atoms with Gasteiger partial charge in [0.05, 0.1) is 6.10 Å². The van der Waals surface area contributed by atoms with Gasteiger partial charge in [0, 0.05) is 31.8 Å². The summed E-state index contributed by atoms with van der Waals surface area (Å²) in [7, 11) is 1.83. The van der Waals surface area contributed by atoms with Gasteiger partial charge >= 0.3 is 0 Å². The van der Waals surface area contributed by atoms with Crippen molar-refractivity contribution in [2.75, 3.05) is 26.7 Å². The molecular formula is C14H30N2O. The van der Waals surface area contributed by atoms with E-state index in [9.17, 15) is 0 Å². The van der Waals surface area contributed by atoms with E-state index in [0.29, 0.717) is 12.1 Å². The fourth-order valence-corrected chi connectivity index (χ4v) is 2.39. The van der Waals surface area contributed by atoms with Gasteiger partial charge in [-0.25, -0.2) is 0 Å². The summed E-state index contributed by atoms with van der Waals surface area (Å²) < 4.78 is 5.41. The van der Waals surface area contributed by atoms with E-state index < -0.39 is 0 Å². The van der Waals surface area contributed by atoms with Crippen LogP contribution in [0.3, 0.4) is 0 Å². The number of hydrogen-bond donors (Lipinski definition) is 1. The van der Waals surface area contributed by atoms with Crippen LogP contribution < -0.4 is 5.32 Å². The molecule has 0 aromatic carbocycles. The molecule has 0 spiro atoms. The maximum absolute atomic E-state index is 5.41. The molecule has 0 aliphatic carbocycles. The summed E-state index contributed by atoms with van der Waals surface area (Å²) >= 11 is 0. The normalized spacial score (nSPS) is 21.7. The zero-order chi connectivity index (χ0) is 12.9. The maximum Gasteiger partial charge on any atom is 0.0595 e. The van der Waals surface area contributed by atoms with E-state index >= 15 is 0 Å². The highest BCUT2D eigenvalue weighted by molar-refractivity contribution is 4.78. The summed E-state index contributed by atoms with van der Waals surface area (Å²) in [6.45, 7) is 12.5. The lowest BCUT2D eigenvalue weighted by Crippen LogP contribution is -2.44. The first-order chi connectivity index (χ1) is 7.92. The number of ether oxygens (including phenoxy) is 1. The van der Waals surface area contributed by atoms with Gasteiger partial charge in [-0.2, -0.15) is 0 Å². The monoisotopic (exact) mass is 242 g/mol. The molecule has 1 atom stereocenters. The highest BCUT2D eigenvalue weighted by Crippen LogP contribution is 2.16. The fourth-order valence-electron chi connectivity index (χ4n) is 2.39. The average molecular weight is 242 g/mol. The minimum absolute atomic E-state index is 0.239. The van der Waals surface area contributed by atoms with Crippen molar-refractivity contribution in [3.63, 3.8) is 0 Å². The lowest BCUT2D eigenvalue weighted by atomic mass is 10.0. The molecule has 102 valence electrons. The summed E-state index contributed by atoms with van der Waals surface area (Å²) in [5.41, 5.74) is 0.239. The van der Waals surface area contributed by atoms with Gasteiger partial charge in [-0.15, -0.1) is 0 Å². The Balaban J connectivity index is 2.18. The summed E-state index contributed by atoms with van der Waals surface area (Å²) in [6, 6.07) is 0.683. The number of methoxy groups -OCH3 is 1. The van der Waals surface area contributed by atoms with Gasteiger partial charge in [0.1, 0.15) is 0 Å². The van der Waals surface area contributed by atoms with Crippen LogP contribution in [-0.4, -0.2) is 49.3 Å². The Morgan fingerprint density at radius 1 is 1.29 bits per heavy atom. The van der Waals surface area contributed by atoms with E-state index in [-0.39, 0.29) is 5.54 Å². The van der Waals surface area contributed by atoms with Gasteiger partial charge in [0.25, 0.3) is 0 Å². The molecule has 1 heterocycles. The number of nitrogens with zero attached hydrogens (tertiary/aromatic N) is 1. The van der Waals surface area contributed by atoms with Crippen LogP contribution in [-0.2, 0) is 4.74 Å². The third kappa shape index (κ3) is 5.84. The van der Waals surface area contributed by atoms with Gasteiger partial charge < -0.3 is 15.0 Å². The van der Waals surface area contributed by atoms with E-state index in [2.05, 4.69) is 37.9 Å². The quantitative estimate of drug-likeness (QED) is 0.800. The van der Waals surface area contributed by atoms with Crippen molar-refractivity contribution in [1.82, 2.24) is 10.2 Å². The molecule has 0 bridgehead atoms. The minimum atomic E-state index is 0.239. The van der Waals surface area contributed by atoms with Crippen molar-refractivity contribution < 1.29 is 4.74 Å². The molecule has 1 saturated heterocycles. The van der Waals surface area contributed by atoms with Gasteiger partial charge in [-0.3, -0.25) is 0 Å². The van der Waals surface area contributed by atoms with Crippen molar-refractivity contribution in [2.24, 2.45) is 0 Å². The molecule has 1 rings (SSSR count). The summed E-state index contributed by atoms with van der Waals surface area (Å²) in [5, 5.41) is 3.56. The number of piperidine rings is 1. The van der Waals surface area contributed by atoms with E-state index in [0.717, 1.165) is 6.54 Å². The van der Waals surface area contributed by atoms with Crippen molar-refractivity contribution in [1.29, 1.82) is 0 Å². The molecule has 3 nitrogen and oxygen atoms in total. The molecule has 0 amide bonds. The number of hydrogen-bond acceptors (Lipinski definition) is 3. The SMILES string of the molecule is COC1CCN(C(C)CCNC(C)(C)C)CC1. The van der Waals surface area contributed by atoms with Crippen molar-refractivity contribution in [3.8, 4) is 0 Å². The first kappa shape index (κ1) is 14.9. The van der Waals surface area contributed by atoms with Gasteiger partial charge in [0.2, 0.25) is 0 Å². The molecule has 1 aliphatic heterocycles. The number of likely N-dealkylation sites (tertiary alicyclic amines) is 1. The van der Waals surface area contributed by atoms with Crippen LogP contribution >= 0.6 is 0 Å². The zero-order valence-electron chi connectivity index (χ0n) is 12.3. The van der Waals surface area contributed by atoms with Crippen LogP contribution in [0.5, 0.6) is 0 Å². The lowest BCUT2D eigenvalue weighted by Gasteiger charge is -2.36. The highest BCUT2D eigenvalue weighted by Gasteiger charge is 2.22. The first-order valence-corrected chi connectivity index (χ1v) is 6.94. The Labute approximate surface area is 107 Å². The van der Waals surface area contributed by atoms with Gasteiger partial charge in [-0.1, -0.05) is 0 Å². The lowest BCUT2D eigenvalue weighted by molar-refractivity contribution is 0.0284. The van der Waals surface area contributed by atoms with Crippen molar-refractivity contribution >= 4 is 0 Å². The van der Waals surface area contributed by atoms with Crippen LogP contribution in [0.2, 0.25) is 0 Å². The molecular weight excluding hydrogens is 212 g/mol. The van der Waals surface area contributed by atoms with Crippen LogP contribution in [0.1, 0.15) is 47.0 Å². The van der Waals surface area contributed by atoms with Crippen LogP contribution in [0, 0.1) is 0 Å². The van der Waals surface area contributed by atoms with Crippen LogP contribution in [0.15, 0.2) is 0 Å². The first-order valence-electron chi connectivity index (χ1n) is 6.94. The molecule has 3 heteroatoms. The standard InChI is InChI=1S/C14H30N2O/c1-12(6-9-15-14(2,3)4)16-10-7-13(17-5)8-11-16/h12-13,15H,6-11H2,1-5H3. The van der Waals surface area contributed by atoms with Crippen LogP contribution in [0.4, 0.5) is 0 Å². The Hall–Kier alpha value is -0.120. The summed E-state index contributed by atoms with van der Waals surface area (Å²) in [6.07, 6.45) is 4.10. The molecule has 1 unspecified atom stereocenters. The van der Waals surface area contributed by atoms with Gasteiger partial charge in [-0.05, 0) is 53.5 Å². The number of nitrogens with one attached hydrogen (secondary N) is 1. The molecule has 1 N–H and O–H groups in total. The molecule has 0 saturated carbocycles. The predicted molar refractivity (Wildman–Crippen MR) is 73.4 cm³/mol. The van der Waals surface area contributed by atoms with E-state index in [1.807, 2.05) is 7.11 Å². The Kier molecular flexibility index (Phi) is 5.90. The topological polar surface area (TPSA) is 24.5 Å². The second-order valence-electron chi connectivity index (χ2n) is 6.29. The van der Waals surface area contributed by atoms with Gasteiger partial charge in [0.15, 0.2) is 0 Å². The Morgan fingerprint density at radius 3 is 2.35 bits per heavy atom. The Morgan fingerprint density at radius 2 is 1.88 bits per heavy atom. The highest BCUT2D eigenvalue weighted by atomic mass is 16.5. The summed E-state index contributed by atoms with van der Waals surface area (Å²) in [5.74, 6) is 0. The molecule has 0 radical (unpaired) electrons. The third-order valence-electron chi connectivity index (χ3n) is 3.65. The smallest absolute Gasteiger partial charge is 0.0595 e. The molecule has 0 aromatic heterocycles. The predicted octanol–water partition coefficient (Wildman–Crippen LogP) is 2.26. The van der Waals surface area contributed by atoms with E-state index in [1.54, 1.807) is 0 Å². The maximum atomic E-state index is 5.41. The van der Waals surface area contributed by atoms with Crippen molar-refractivity contribution in [2.45, 2.75) is 64.6 Å². The molecule has 1 aliphatic rings. The summed E-state index contributed by atoms with van der Waals surface area (Å²) in [4.78, 5) is 2.60. The third-order valence-corrected chi connectivity index (χ3v) is 3.65. The second kappa shape index (κ2) is 6.72. The van der Waals surface area contributed by atoms with E-state index in [4.69, 9.17) is 4.74 Å².